The molecule has 1 aliphatic rings. The van der Waals surface area contributed by atoms with Gasteiger partial charge in [-0.25, -0.2) is 0 Å². The number of rotatable bonds is 2. The van der Waals surface area contributed by atoms with Crippen molar-refractivity contribution in [1.82, 2.24) is 4.90 Å². The average molecular weight is 315 g/mol. The van der Waals surface area contributed by atoms with E-state index >= 15 is 0 Å². The summed E-state index contributed by atoms with van der Waals surface area (Å²) in [7, 11) is 0. The number of aryl methyl sites for hydroxylation is 1. The third kappa shape index (κ3) is 2.44. The Bertz CT molecular complexity index is 908. The van der Waals surface area contributed by atoms with E-state index in [1.807, 2.05) is 79.9 Å². The van der Waals surface area contributed by atoms with Gasteiger partial charge in [-0.15, -0.1) is 0 Å². The average Bonchev–Trinajstić information content (AvgIpc) is 3.07. The highest BCUT2D eigenvalue weighted by Crippen LogP contribution is 2.37. The van der Waals surface area contributed by atoms with Gasteiger partial charge in [-0.3, -0.25) is 4.79 Å². The van der Waals surface area contributed by atoms with Gasteiger partial charge in [-0.2, -0.15) is 0 Å². The molecular weight excluding hydrogens is 298 g/mol. The molecule has 3 nitrogen and oxygen atoms in total. The molecule has 0 saturated carbocycles. The minimum Gasteiger partial charge on any atom is -0.464 e. The van der Waals surface area contributed by atoms with Gasteiger partial charge in [0.05, 0.1) is 0 Å². The van der Waals surface area contributed by atoms with E-state index in [1.165, 1.54) is 0 Å². The summed E-state index contributed by atoms with van der Waals surface area (Å²) in [5.41, 5.74) is 2.84. The monoisotopic (exact) mass is 315 g/mol. The zero-order valence-corrected chi connectivity index (χ0v) is 13.3. The zero-order valence-electron chi connectivity index (χ0n) is 13.3. The molecule has 0 radical (unpaired) electrons. The van der Waals surface area contributed by atoms with Crippen LogP contribution in [0.4, 0.5) is 0 Å². The van der Waals surface area contributed by atoms with Crippen LogP contribution in [-0.2, 0) is 0 Å². The predicted molar refractivity (Wildman–Crippen MR) is 93.4 cm³/mol. The van der Waals surface area contributed by atoms with Crippen LogP contribution in [0, 0.1) is 6.92 Å². The Hall–Kier alpha value is -3.07. The number of amides is 1. The highest BCUT2D eigenvalue weighted by Gasteiger charge is 2.31. The molecule has 4 rings (SSSR count). The van der Waals surface area contributed by atoms with Gasteiger partial charge < -0.3 is 9.32 Å². The number of nitrogens with zero attached hydrogens (tertiary/aromatic N) is 1. The van der Waals surface area contributed by atoms with Crippen LogP contribution in [0.1, 0.15) is 39.0 Å². The van der Waals surface area contributed by atoms with Crippen LogP contribution in [0.2, 0.25) is 0 Å². The lowest BCUT2D eigenvalue weighted by molar-refractivity contribution is 0.0774. The van der Waals surface area contributed by atoms with E-state index in [0.717, 1.165) is 22.6 Å². The van der Waals surface area contributed by atoms with Crippen molar-refractivity contribution in [3.8, 4) is 0 Å². The Morgan fingerprint density at radius 1 is 0.958 bits per heavy atom. The summed E-state index contributed by atoms with van der Waals surface area (Å²) in [6.45, 7) is 1.91. The van der Waals surface area contributed by atoms with Gasteiger partial charge >= 0.3 is 0 Å². The van der Waals surface area contributed by atoms with Crippen molar-refractivity contribution in [2.75, 3.05) is 0 Å². The Kier molecular flexibility index (Phi) is 3.54. The molecule has 1 amide bonds. The molecule has 1 atom stereocenters. The van der Waals surface area contributed by atoms with Gasteiger partial charge in [0.15, 0.2) is 0 Å². The third-order valence-corrected chi connectivity index (χ3v) is 4.27. The first-order valence-electron chi connectivity index (χ1n) is 7.95. The second kappa shape index (κ2) is 5.85. The van der Waals surface area contributed by atoms with Crippen molar-refractivity contribution >= 4 is 12.0 Å². The lowest BCUT2D eigenvalue weighted by atomic mass is 9.94. The van der Waals surface area contributed by atoms with Gasteiger partial charge in [0.1, 0.15) is 17.6 Å². The number of hydrogen-bond donors (Lipinski definition) is 0. The standard InChI is InChI=1S/C21H17NO2/c1-15-11-12-19(24-15)20-18-10-6-5-7-16(18)13-14-22(20)21(23)17-8-3-2-4-9-17/h2-14,20H,1H3/t20-/m0/s1. The van der Waals surface area contributed by atoms with Crippen molar-refractivity contribution < 1.29 is 9.21 Å². The molecule has 2 heterocycles. The molecule has 2 aromatic carbocycles. The van der Waals surface area contributed by atoms with Crippen molar-refractivity contribution in [2.24, 2.45) is 0 Å². The molecule has 24 heavy (non-hydrogen) atoms. The Labute approximate surface area is 140 Å². The van der Waals surface area contributed by atoms with E-state index in [4.69, 9.17) is 4.42 Å². The molecule has 0 spiro atoms. The summed E-state index contributed by atoms with van der Waals surface area (Å²) in [5, 5.41) is 0. The van der Waals surface area contributed by atoms with Crippen molar-refractivity contribution in [3.63, 3.8) is 0 Å². The Balaban J connectivity index is 1.82. The van der Waals surface area contributed by atoms with Gasteiger partial charge in [0.2, 0.25) is 0 Å². The van der Waals surface area contributed by atoms with Gasteiger partial charge in [0, 0.05) is 11.8 Å². The molecule has 3 aromatic rings. The first-order chi connectivity index (χ1) is 11.7. The summed E-state index contributed by atoms with van der Waals surface area (Å²) >= 11 is 0. The van der Waals surface area contributed by atoms with E-state index in [1.54, 1.807) is 4.90 Å². The largest absolute Gasteiger partial charge is 0.464 e. The maximum atomic E-state index is 13.0. The molecule has 0 fully saturated rings. The van der Waals surface area contributed by atoms with Crippen LogP contribution in [-0.4, -0.2) is 10.8 Å². The van der Waals surface area contributed by atoms with E-state index in [-0.39, 0.29) is 11.9 Å². The number of furan rings is 1. The van der Waals surface area contributed by atoms with E-state index < -0.39 is 0 Å². The fraction of sp³-hybridized carbons (Fsp3) is 0.0952. The van der Waals surface area contributed by atoms with Crippen LogP contribution >= 0.6 is 0 Å². The SMILES string of the molecule is Cc1ccc([C@@H]2c3ccccc3C=CN2C(=O)c2ccccc2)o1. The molecule has 0 unspecified atom stereocenters. The van der Waals surface area contributed by atoms with Crippen LogP contribution < -0.4 is 0 Å². The van der Waals surface area contributed by atoms with Crippen LogP contribution in [0.5, 0.6) is 0 Å². The van der Waals surface area contributed by atoms with Crippen LogP contribution in [0.3, 0.4) is 0 Å². The maximum Gasteiger partial charge on any atom is 0.258 e. The minimum absolute atomic E-state index is 0.0413. The zero-order chi connectivity index (χ0) is 16.5. The van der Waals surface area contributed by atoms with Crippen molar-refractivity contribution in [2.45, 2.75) is 13.0 Å². The topological polar surface area (TPSA) is 33.5 Å². The fourth-order valence-electron chi connectivity index (χ4n) is 3.11. The number of fused-ring (bicyclic) bond motifs is 1. The number of benzene rings is 2. The van der Waals surface area contributed by atoms with Gasteiger partial charge in [-0.05, 0) is 48.4 Å². The van der Waals surface area contributed by atoms with Crippen molar-refractivity contribution in [1.29, 1.82) is 0 Å². The number of hydrogen-bond acceptors (Lipinski definition) is 2. The summed E-state index contributed by atoms with van der Waals surface area (Å²) in [6.07, 6.45) is 3.82. The minimum atomic E-state index is -0.257. The molecular formula is C21H17NO2. The van der Waals surface area contributed by atoms with Crippen molar-refractivity contribution in [3.05, 3.63) is 101 Å². The second-order valence-electron chi connectivity index (χ2n) is 5.87. The second-order valence-corrected chi connectivity index (χ2v) is 5.87. The summed E-state index contributed by atoms with van der Waals surface area (Å²) in [6, 6.07) is 21.0. The number of carbonyl (C=O) groups is 1. The quantitative estimate of drug-likeness (QED) is 0.680. The summed E-state index contributed by atoms with van der Waals surface area (Å²) in [5.74, 6) is 1.57. The maximum absolute atomic E-state index is 13.0. The molecule has 0 saturated heterocycles. The molecule has 0 bridgehead atoms. The van der Waals surface area contributed by atoms with E-state index in [9.17, 15) is 4.79 Å². The highest BCUT2D eigenvalue weighted by atomic mass is 16.3. The molecule has 1 aliphatic heterocycles. The van der Waals surface area contributed by atoms with E-state index in [2.05, 4.69) is 6.07 Å². The first kappa shape index (κ1) is 14.5. The Morgan fingerprint density at radius 2 is 1.71 bits per heavy atom. The Morgan fingerprint density at radius 3 is 2.46 bits per heavy atom. The summed E-state index contributed by atoms with van der Waals surface area (Å²) in [4.78, 5) is 14.8. The molecule has 0 N–H and O–H groups in total. The van der Waals surface area contributed by atoms with Crippen LogP contribution in [0.15, 0.2) is 77.3 Å². The first-order valence-corrected chi connectivity index (χ1v) is 7.95. The smallest absolute Gasteiger partial charge is 0.258 e. The van der Waals surface area contributed by atoms with Gasteiger partial charge in [0.25, 0.3) is 5.91 Å². The fourth-order valence-corrected chi connectivity index (χ4v) is 3.11. The lowest BCUT2D eigenvalue weighted by Gasteiger charge is -2.32. The number of carbonyl (C=O) groups excluding carboxylic acids is 1. The highest BCUT2D eigenvalue weighted by molar-refractivity contribution is 5.96. The van der Waals surface area contributed by atoms with E-state index in [0.29, 0.717) is 5.56 Å². The summed E-state index contributed by atoms with van der Waals surface area (Å²) < 4.78 is 5.87. The van der Waals surface area contributed by atoms with Crippen LogP contribution in [0.25, 0.3) is 6.08 Å². The molecule has 0 aliphatic carbocycles. The van der Waals surface area contributed by atoms with Gasteiger partial charge in [-0.1, -0.05) is 42.5 Å². The lowest BCUT2D eigenvalue weighted by Crippen LogP contribution is -2.33. The predicted octanol–water partition coefficient (Wildman–Crippen LogP) is 4.80. The normalized spacial score (nSPS) is 16.0. The molecule has 1 aromatic heterocycles. The molecule has 118 valence electrons. The third-order valence-electron chi connectivity index (χ3n) is 4.27. The molecule has 3 heteroatoms.